The average Bonchev–Trinajstić information content (AvgIpc) is 2.88. The Balaban J connectivity index is 2.08. The number of nitrogens with zero attached hydrogens (tertiary/aromatic N) is 2. The van der Waals surface area contributed by atoms with E-state index in [0.717, 1.165) is 26.2 Å². The van der Waals surface area contributed by atoms with Gasteiger partial charge in [0.05, 0.1) is 11.9 Å². The maximum Gasteiger partial charge on any atom is 0.244 e. The van der Waals surface area contributed by atoms with Crippen LogP contribution in [0.15, 0.2) is 77.3 Å². The zero-order valence-corrected chi connectivity index (χ0v) is 26.4. The summed E-state index contributed by atoms with van der Waals surface area (Å²) in [7, 11) is -3.93. The van der Waals surface area contributed by atoms with E-state index in [1.165, 1.54) is 23.1 Å². The number of hydrogen-bond donors (Lipinski definition) is 1. The molecule has 40 heavy (non-hydrogen) atoms. The number of nitrogens with one attached hydrogen (secondary N) is 1. The standard InChI is InChI=1S/C29H32BrCl2N3O4S/c1-4-20(2)33-29(37)27(14-21-9-6-5-7-10-21)34(18-22-11-8-12-23(30)13-22)28(36)19-35(40(3,38)39)26-16-24(31)15-25(32)17-26/h5-13,15-17,20,27H,4,14,18-19H2,1-3H3,(H,33,37)/t20-,27-/m0/s1. The van der Waals surface area contributed by atoms with Crippen molar-refractivity contribution < 1.29 is 18.0 Å². The molecule has 2 atom stereocenters. The van der Waals surface area contributed by atoms with Gasteiger partial charge in [-0.15, -0.1) is 0 Å². The number of rotatable bonds is 12. The van der Waals surface area contributed by atoms with Crippen LogP contribution < -0.4 is 9.62 Å². The molecule has 0 aliphatic rings. The van der Waals surface area contributed by atoms with Crippen LogP contribution in [0.3, 0.4) is 0 Å². The van der Waals surface area contributed by atoms with Crippen LogP contribution in [0, 0.1) is 0 Å². The fourth-order valence-electron chi connectivity index (χ4n) is 4.12. The maximum absolute atomic E-state index is 14.1. The van der Waals surface area contributed by atoms with Gasteiger partial charge in [-0.2, -0.15) is 0 Å². The molecule has 0 unspecified atom stereocenters. The van der Waals surface area contributed by atoms with Gasteiger partial charge < -0.3 is 10.2 Å². The summed E-state index contributed by atoms with van der Waals surface area (Å²) in [6, 6.07) is 20.1. The van der Waals surface area contributed by atoms with Gasteiger partial charge in [0, 0.05) is 33.5 Å². The van der Waals surface area contributed by atoms with Crippen molar-refractivity contribution in [3.8, 4) is 0 Å². The second kappa shape index (κ2) is 14.3. The SMILES string of the molecule is CC[C@H](C)NC(=O)[C@H](Cc1ccccc1)N(Cc1cccc(Br)c1)C(=O)CN(c1cc(Cl)cc(Cl)c1)S(C)(=O)=O. The van der Waals surface area contributed by atoms with E-state index < -0.39 is 28.5 Å². The predicted octanol–water partition coefficient (Wildman–Crippen LogP) is 6.08. The normalized spacial score (nSPS) is 12.8. The molecule has 7 nitrogen and oxygen atoms in total. The molecule has 3 aromatic rings. The zero-order valence-electron chi connectivity index (χ0n) is 22.5. The van der Waals surface area contributed by atoms with Crippen molar-refractivity contribution in [2.45, 2.75) is 45.3 Å². The highest BCUT2D eigenvalue weighted by Crippen LogP contribution is 2.28. The molecule has 3 aromatic carbocycles. The van der Waals surface area contributed by atoms with Crippen LogP contribution in [-0.4, -0.2) is 50.0 Å². The number of carbonyl (C=O) groups is 2. The van der Waals surface area contributed by atoms with E-state index in [4.69, 9.17) is 23.2 Å². The van der Waals surface area contributed by atoms with Crippen LogP contribution in [-0.2, 0) is 32.6 Å². The van der Waals surface area contributed by atoms with Crippen LogP contribution in [0.5, 0.6) is 0 Å². The Bertz CT molecular complexity index is 1420. The lowest BCUT2D eigenvalue weighted by Crippen LogP contribution is -2.54. The summed E-state index contributed by atoms with van der Waals surface area (Å²) in [5.41, 5.74) is 1.79. The lowest BCUT2D eigenvalue weighted by Gasteiger charge is -2.34. The van der Waals surface area contributed by atoms with Gasteiger partial charge in [-0.05, 0) is 54.8 Å². The molecule has 0 spiro atoms. The number of sulfonamides is 1. The molecule has 0 bridgehead atoms. The van der Waals surface area contributed by atoms with Crippen molar-refractivity contribution in [2.75, 3.05) is 17.1 Å². The number of hydrogen-bond acceptors (Lipinski definition) is 4. The Labute approximate surface area is 254 Å². The fourth-order valence-corrected chi connectivity index (χ4v) is 5.92. The molecule has 1 N–H and O–H groups in total. The number of halogens is 3. The maximum atomic E-state index is 14.1. The van der Waals surface area contributed by atoms with E-state index in [-0.39, 0.29) is 40.6 Å². The zero-order chi connectivity index (χ0) is 29.4. The fraction of sp³-hybridized carbons (Fsp3) is 0.310. The first-order valence-electron chi connectivity index (χ1n) is 12.7. The molecule has 2 amide bonds. The highest BCUT2D eigenvalue weighted by molar-refractivity contribution is 9.10. The summed E-state index contributed by atoms with van der Waals surface area (Å²) in [5.74, 6) is -0.875. The van der Waals surface area contributed by atoms with E-state index in [1.807, 2.05) is 68.4 Å². The summed E-state index contributed by atoms with van der Waals surface area (Å²) in [4.78, 5) is 29.2. The summed E-state index contributed by atoms with van der Waals surface area (Å²) in [6.07, 6.45) is 1.95. The van der Waals surface area contributed by atoms with Gasteiger partial charge in [0.25, 0.3) is 0 Å². The van der Waals surface area contributed by atoms with Gasteiger partial charge >= 0.3 is 0 Å². The average molecular weight is 669 g/mol. The van der Waals surface area contributed by atoms with Gasteiger partial charge in [0.1, 0.15) is 12.6 Å². The van der Waals surface area contributed by atoms with Crippen LogP contribution in [0.4, 0.5) is 5.69 Å². The van der Waals surface area contributed by atoms with E-state index >= 15 is 0 Å². The smallest absolute Gasteiger partial charge is 0.244 e. The number of carbonyl (C=O) groups excluding carboxylic acids is 2. The molecular weight excluding hydrogens is 637 g/mol. The van der Waals surface area contributed by atoms with E-state index in [2.05, 4.69) is 21.2 Å². The van der Waals surface area contributed by atoms with Gasteiger partial charge in [-0.1, -0.05) is 88.5 Å². The molecule has 0 radical (unpaired) electrons. The molecule has 3 rings (SSSR count). The van der Waals surface area contributed by atoms with Gasteiger partial charge in [0.2, 0.25) is 21.8 Å². The van der Waals surface area contributed by atoms with Crippen molar-refractivity contribution >= 4 is 66.7 Å². The first-order chi connectivity index (χ1) is 18.9. The molecule has 0 aliphatic carbocycles. The first kappa shape index (κ1) is 31.9. The quantitative estimate of drug-likeness (QED) is 0.254. The Morgan fingerprint density at radius 3 is 2.15 bits per heavy atom. The van der Waals surface area contributed by atoms with Gasteiger partial charge in [-0.3, -0.25) is 13.9 Å². The molecule has 0 saturated heterocycles. The molecular formula is C29H32BrCl2N3O4S. The van der Waals surface area contributed by atoms with Crippen molar-refractivity contribution in [3.05, 3.63) is 98.4 Å². The summed E-state index contributed by atoms with van der Waals surface area (Å²) >= 11 is 15.8. The van der Waals surface area contributed by atoms with Crippen LogP contribution in [0.2, 0.25) is 10.0 Å². The Hall–Kier alpha value is -2.59. The second-order valence-corrected chi connectivity index (χ2v) is 13.3. The molecule has 11 heteroatoms. The molecule has 0 aromatic heterocycles. The third-order valence-corrected chi connectivity index (χ3v) is 8.40. The van der Waals surface area contributed by atoms with Crippen LogP contribution >= 0.6 is 39.1 Å². The van der Waals surface area contributed by atoms with Crippen molar-refractivity contribution in [1.82, 2.24) is 10.2 Å². The third kappa shape index (κ3) is 9.23. The van der Waals surface area contributed by atoms with E-state index in [0.29, 0.717) is 6.42 Å². The first-order valence-corrected chi connectivity index (χ1v) is 16.1. The monoisotopic (exact) mass is 667 g/mol. The third-order valence-electron chi connectivity index (χ3n) is 6.33. The van der Waals surface area contributed by atoms with E-state index in [9.17, 15) is 18.0 Å². The minimum absolute atomic E-state index is 0.0810. The number of anilines is 1. The number of benzene rings is 3. The Kier molecular flexibility index (Phi) is 11.5. The lowest BCUT2D eigenvalue weighted by atomic mass is 10.0. The molecule has 0 fully saturated rings. The lowest BCUT2D eigenvalue weighted by molar-refractivity contribution is -0.140. The van der Waals surface area contributed by atoms with Gasteiger partial charge in [-0.25, -0.2) is 8.42 Å². The summed E-state index contributed by atoms with van der Waals surface area (Å²) < 4.78 is 27.5. The highest BCUT2D eigenvalue weighted by atomic mass is 79.9. The number of amides is 2. The predicted molar refractivity (Wildman–Crippen MR) is 165 cm³/mol. The topological polar surface area (TPSA) is 86.8 Å². The van der Waals surface area contributed by atoms with Crippen molar-refractivity contribution in [2.24, 2.45) is 0 Å². The summed E-state index contributed by atoms with van der Waals surface area (Å²) in [5, 5.41) is 3.46. The molecule has 0 heterocycles. The minimum atomic E-state index is -3.93. The molecule has 214 valence electrons. The Morgan fingerprint density at radius 2 is 1.57 bits per heavy atom. The van der Waals surface area contributed by atoms with E-state index in [1.54, 1.807) is 0 Å². The van der Waals surface area contributed by atoms with Gasteiger partial charge in [0.15, 0.2) is 0 Å². The van der Waals surface area contributed by atoms with Crippen LogP contribution in [0.25, 0.3) is 0 Å². The molecule has 0 saturated carbocycles. The summed E-state index contributed by atoms with van der Waals surface area (Å²) in [6.45, 7) is 3.39. The minimum Gasteiger partial charge on any atom is -0.352 e. The largest absolute Gasteiger partial charge is 0.352 e. The Morgan fingerprint density at radius 1 is 0.950 bits per heavy atom. The van der Waals surface area contributed by atoms with Crippen molar-refractivity contribution in [3.63, 3.8) is 0 Å². The van der Waals surface area contributed by atoms with Crippen molar-refractivity contribution in [1.29, 1.82) is 0 Å². The second-order valence-electron chi connectivity index (χ2n) is 9.57. The molecule has 0 aliphatic heterocycles. The van der Waals surface area contributed by atoms with Crippen LogP contribution in [0.1, 0.15) is 31.4 Å². The highest BCUT2D eigenvalue weighted by Gasteiger charge is 2.33.